The molecule has 1 aromatic carbocycles. The van der Waals surface area contributed by atoms with Crippen LogP contribution in [-0.4, -0.2) is 54.0 Å². The van der Waals surface area contributed by atoms with Gasteiger partial charge in [-0.3, -0.25) is 4.99 Å². The largest absolute Gasteiger partial charge is 0.471 e. The molecular weight excluding hydrogens is 366 g/mol. The highest BCUT2D eigenvalue weighted by Gasteiger charge is 2.20. The van der Waals surface area contributed by atoms with E-state index in [0.29, 0.717) is 43.6 Å². The van der Waals surface area contributed by atoms with Crippen LogP contribution >= 0.6 is 0 Å². The van der Waals surface area contributed by atoms with Gasteiger partial charge in [0.05, 0.1) is 36.2 Å². The van der Waals surface area contributed by atoms with Crippen molar-refractivity contribution in [1.29, 1.82) is 5.26 Å². The van der Waals surface area contributed by atoms with Gasteiger partial charge in [0, 0.05) is 31.9 Å². The van der Waals surface area contributed by atoms with Gasteiger partial charge in [0.1, 0.15) is 12.2 Å². The summed E-state index contributed by atoms with van der Waals surface area (Å²) < 4.78 is 11.5. The number of hydrogen-bond acceptors (Lipinski definition) is 7. The van der Waals surface area contributed by atoms with Gasteiger partial charge in [-0.25, -0.2) is 4.98 Å². The Morgan fingerprint density at radius 3 is 2.97 bits per heavy atom. The Morgan fingerprint density at radius 1 is 1.41 bits per heavy atom. The predicted octanol–water partition coefficient (Wildman–Crippen LogP) is 3.51. The molecule has 1 aromatic heterocycles. The van der Waals surface area contributed by atoms with E-state index in [4.69, 9.17) is 14.5 Å². The van der Waals surface area contributed by atoms with E-state index in [0.717, 1.165) is 29.4 Å². The van der Waals surface area contributed by atoms with Crippen LogP contribution in [0.15, 0.2) is 40.5 Å². The molecule has 0 radical (unpaired) electrons. The van der Waals surface area contributed by atoms with Crippen LogP contribution in [-0.2, 0) is 11.3 Å². The van der Waals surface area contributed by atoms with Crippen LogP contribution in [0, 0.1) is 11.3 Å². The molecule has 3 rings (SSSR count). The Morgan fingerprint density at radius 2 is 2.24 bits per heavy atom. The zero-order valence-corrected chi connectivity index (χ0v) is 17.3. The van der Waals surface area contributed by atoms with E-state index >= 15 is 0 Å². The molecule has 0 saturated carbocycles. The lowest BCUT2D eigenvalue weighted by atomic mass is 10.2. The van der Waals surface area contributed by atoms with Gasteiger partial charge in [-0.15, -0.1) is 0 Å². The number of allylic oxidation sites excluding steroid dienone is 2. The molecule has 7 heteroatoms. The van der Waals surface area contributed by atoms with Crippen molar-refractivity contribution in [2.24, 2.45) is 4.99 Å². The molecule has 1 unspecified atom stereocenters. The molecule has 0 spiro atoms. The molecule has 0 amide bonds. The number of benzene rings is 1. The van der Waals surface area contributed by atoms with Crippen molar-refractivity contribution >= 4 is 17.1 Å². The summed E-state index contributed by atoms with van der Waals surface area (Å²) >= 11 is 0. The lowest BCUT2D eigenvalue weighted by Crippen LogP contribution is -2.21. The third kappa shape index (κ3) is 5.30. The standard InChI is InChI=1S/C22H27N5O2/c1-4-10-24-13-17(12-23)16(2)27(3)14-21-25-20-8-6-5-7-19(20)22(26-21)29-18-9-11-28-15-18/h5-8,13,18H,4,9-11,14-15H2,1-3H3/b17-16+,24-13?. The first kappa shape index (κ1) is 20.7. The maximum Gasteiger partial charge on any atom is 0.225 e. The molecule has 1 aliphatic rings. The van der Waals surface area contributed by atoms with E-state index < -0.39 is 0 Å². The second-order valence-corrected chi connectivity index (χ2v) is 7.07. The number of ether oxygens (including phenoxy) is 2. The first-order chi connectivity index (χ1) is 14.1. The van der Waals surface area contributed by atoms with Crippen LogP contribution in [0.5, 0.6) is 5.88 Å². The van der Waals surface area contributed by atoms with Crippen molar-refractivity contribution in [3.05, 3.63) is 41.4 Å². The van der Waals surface area contributed by atoms with Crippen molar-refractivity contribution < 1.29 is 9.47 Å². The fourth-order valence-electron chi connectivity index (χ4n) is 3.04. The van der Waals surface area contributed by atoms with Crippen molar-refractivity contribution in [1.82, 2.24) is 14.9 Å². The highest BCUT2D eigenvalue weighted by Crippen LogP contribution is 2.25. The van der Waals surface area contributed by atoms with Gasteiger partial charge in [0.25, 0.3) is 0 Å². The van der Waals surface area contributed by atoms with E-state index in [1.807, 2.05) is 43.1 Å². The molecule has 29 heavy (non-hydrogen) atoms. The second-order valence-electron chi connectivity index (χ2n) is 7.07. The van der Waals surface area contributed by atoms with Crippen molar-refractivity contribution in [2.75, 3.05) is 26.8 Å². The van der Waals surface area contributed by atoms with E-state index in [9.17, 15) is 5.26 Å². The summed E-state index contributed by atoms with van der Waals surface area (Å²) in [5, 5.41) is 10.4. The number of rotatable bonds is 8. The molecule has 1 atom stereocenters. The number of fused-ring (bicyclic) bond motifs is 1. The van der Waals surface area contributed by atoms with Crippen molar-refractivity contribution in [3.63, 3.8) is 0 Å². The maximum absolute atomic E-state index is 9.47. The average molecular weight is 393 g/mol. The average Bonchev–Trinajstić information content (AvgIpc) is 3.24. The van der Waals surface area contributed by atoms with E-state index in [2.05, 4.69) is 23.0 Å². The highest BCUT2D eigenvalue weighted by molar-refractivity contribution is 5.84. The summed E-state index contributed by atoms with van der Waals surface area (Å²) in [5.41, 5.74) is 2.21. The molecule has 7 nitrogen and oxygen atoms in total. The minimum atomic E-state index is 0.0143. The molecule has 2 aromatic rings. The Labute approximate surface area is 171 Å². The summed E-state index contributed by atoms with van der Waals surface area (Å²) in [5.74, 6) is 1.23. The summed E-state index contributed by atoms with van der Waals surface area (Å²) in [4.78, 5) is 15.6. The SMILES string of the molecule is CCCN=C/C(C#N)=C(\C)N(C)Cc1nc(OC2CCOC2)c2ccccc2n1. The quantitative estimate of drug-likeness (QED) is 0.504. The monoisotopic (exact) mass is 393 g/mol. The van der Waals surface area contributed by atoms with Gasteiger partial charge < -0.3 is 14.4 Å². The van der Waals surface area contributed by atoms with Gasteiger partial charge in [-0.2, -0.15) is 10.2 Å². The van der Waals surface area contributed by atoms with Crippen LogP contribution in [0.1, 0.15) is 32.5 Å². The Balaban J connectivity index is 1.86. The van der Waals surface area contributed by atoms with Crippen LogP contribution < -0.4 is 4.74 Å². The topological polar surface area (TPSA) is 83.6 Å². The third-order valence-electron chi connectivity index (χ3n) is 4.82. The highest BCUT2D eigenvalue weighted by atomic mass is 16.5. The van der Waals surface area contributed by atoms with Gasteiger partial charge in [-0.05, 0) is 25.5 Å². The van der Waals surface area contributed by atoms with Gasteiger partial charge in [-0.1, -0.05) is 19.1 Å². The number of hydrogen-bond donors (Lipinski definition) is 0. The van der Waals surface area contributed by atoms with Crippen molar-refractivity contribution in [3.8, 4) is 11.9 Å². The summed E-state index contributed by atoms with van der Waals surface area (Å²) in [7, 11) is 1.92. The van der Waals surface area contributed by atoms with Crippen LogP contribution in [0.3, 0.4) is 0 Å². The predicted molar refractivity (Wildman–Crippen MR) is 113 cm³/mol. The molecule has 1 fully saturated rings. The zero-order valence-electron chi connectivity index (χ0n) is 17.3. The number of nitriles is 1. The smallest absolute Gasteiger partial charge is 0.225 e. The molecule has 1 saturated heterocycles. The van der Waals surface area contributed by atoms with Gasteiger partial charge >= 0.3 is 0 Å². The van der Waals surface area contributed by atoms with Crippen LogP contribution in [0.25, 0.3) is 10.9 Å². The lowest BCUT2D eigenvalue weighted by molar-refractivity contribution is 0.139. The first-order valence-corrected chi connectivity index (χ1v) is 9.94. The molecule has 0 N–H and O–H groups in total. The summed E-state index contributed by atoms with van der Waals surface area (Å²) in [6.45, 7) is 6.43. The summed E-state index contributed by atoms with van der Waals surface area (Å²) in [6, 6.07) is 10.1. The first-order valence-electron chi connectivity index (χ1n) is 9.94. The minimum absolute atomic E-state index is 0.0143. The van der Waals surface area contributed by atoms with Gasteiger partial charge in [0.2, 0.25) is 5.88 Å². The Hall–Kier alpha value is -2.98. The van der Waals surface area contributed by atoms with E-state index in [1.165, 1.54) is 0 Å². The fourth-order valence-corrected chi connectivity index (χ4v) is 3.04. The fraction of sp³-hybridized carbons (Fsp3) is 0.455. The van der Waals surface area contributed by atoms with Crippen LogP contribution in [0.2, 0.25) is 0 Å². The molecule has 0 aliphatic carbocycles. The molecule has 1 aliphatic heterocycles. The second kappa shape index (κ2) is 9.99. The minimum Gasteiger partial charge on any atom is -0.471 e. The zero-order chi connectivity index (χ0) is 20.6. The van der Waals surface area contributed by atoms with E-state index in [1.54, 1.807) is 6.21 Å². The number of aromatic nitrogens is 2. The maximum atomic E-state index is 9.47. The van der Waals surface area contributed by atoms with Crippen LogP contribution in [0.4, 0.5) is 0 Å². The van der Waals surface area contributed by atoms with Crippen molar-refractivity contribution in [2.45, 2.75) is 39.3 Å². The Kier molecular flexibility index (Phi) is 7.14. The number of para-hydroxylation sites is 1. The molecule has 152 valence electrons. The summed E-state index contributed by atoms with van der Waals surface area (Å²) in [6.07, 6.45) is 3.47. The lowest BCUT2D eigenvalue weighted by Gasteiger charge is -2.20. The normalized spacial score (nSPS) is 17.4. The number of nitrogens with zero attached hydrogens (tertiary/aromatic N) is 5. The molecular formula is C22H27N5O2. The third-order valence-corrected chi connectivity index (χ3v) is 4.82. The Bertz CT molecular complexity index is 942. The van der Waals surface area contributed by atoms with Gasteiger partial charge in [0.15, 0.2) is 5.82 Å². The number of aliphatic imine (C=N–C) groups is 1. The molecule has 0 bridgehead atoms. The molecule has 2 heterocycles. The van der Waals surface area contributed by atoms with E-state index in [-0.39, 0.29) is 6.10 Å².